The van der Waals surface area contributed by atoms with Crippen LogP contribution in [0.25, 0.3) is 0 Å². The molecule has 3 aromatic carbocycles. The quantitative estimate of drug-likeness (QED) is 0.219. The van der Waals surface area contributed by atoms with Crippen LogP contribution in [0.2, 0.25) is 0 Å². The first-order chi connectivity index (χ1) is 19.4. The molecule has 2 saturated heterocycles. The number of nitro benzene ring substituents is 1. The number of hydroxylamine groups is 1. The van der Waals surface area contributed by atoms with Crippen LogP contribution in [-0.4, -0.2) is 50.8 Å². The van der Waals surface area contributed by atoms with Gasteiger partial charge in [-0.1, -0.05) is 18.2 Å². The number of benzene rings is 3. The molecule has 2 aliphatic heterocycles. The molecule has 208 valence electrons. The number of nitro groups is 1. The van der Waals surface area contributed by atoms with Crippen LogP contribution in [0.3, 0.4) is 0 Å². The number of imide groups is 1. The summed E-state index contributed by atoms with van der Waals surface area (Å²) in [6.45, 7) is 2.14. The average Bonchev–Trinajstić information content (AvgIpc) is 3.48. The molecule has 40 heavy (non-hydrogen) atoms. The van der Waals surface area contributed by atoms with Gasteiger partial charge >= 0.3 is 0 Å². The molecule has 3 aromatic rings. The highest BCUT2D eigenvalue weighted by molar-refractivity contribution is 6.24. The monoisotopic (exact) mass is 549 g/mol. The summed E-state index contributed by atoms with van der Waals surface area (Å²) in [5, 5.41) is 12.9. The zero-order chi connectivity index (χ0) is 28.6. The highest BCUT2D eigenvalue weighted by Crippen LogP contribution is 2.53. The van der Waals surface area contributed by atoms with Gasteiger partial charge in [-0.25, -0.2) is 9.96 Å². The van der Waals surface area contributed by atoms with E-state index >= 15 is 0 Å². The summed E-state index contributed by atoms with van der Waals surface area (Å²) in [5.41, 5.74) is 0.867. The van der Waals surface area contributed by atoms with Crippen molar-refractivity contribution in [1.82, 2.24) is 0 Å². The first-order valence-corrected chi connectivity index (χ1v) is 12.4. The summed E-state index contributed by atoms with van der Waals surface area (Å²) in [7, 11) is 4.37. The number of rotatable bonds is 9. The van der Waals surface area contributed by atoms with E-state index in [0.29, 0.717) is 29.4 Å². The summed E-state index contributed by atoms with van der Waals surface area (Å²) in [6, 6.07) is 14.9. The lowest BCUT2D eigenvalue weighted by molar-refractivity contribution is -0.384. The van der Waals surface area contributed by atoms with Crippen molar-refractivity contribution in [3.05, 3.63) is 76.3 Å². The maximum atomic E-state index is 14.1. The Morgan fingerprint density at radius 1 is 0.900 bits per heavy atom. The third kappa shape index (κ3) is 4.22. The van der Waals surface area contributed by atoms with Crippen molar-refractivity contribution < 1.29 is 38.3 Å². The van der Waals surface area contributed by atoms with Crippen molar-refractivity contribution in [1.29, 1.82) is 0 Å². The lowest BCUT2D eigenvalue weighted by atomic mass is 9.89. The molecule has 0 bridgehead atoms. The van der Waals surface area contributed by atoms with E-state index in [1.165, 1.54) is 44.6 Å². The van der Waals surface area contributed by atoms with E-state index in [2.05, 4.69) is 0 Å². The predicted octanol–water partition coefficient (Wildman–Crippen LogP) is 4.07. The summed E-state index contributed by atoms with van der Waals surface area (Å²) < 4.78 is 22.4. The Morgan fingerprint density at radius 2 is 1.65 bits per heavy atom. The normalized spacial score (nSPS) is 19.9. The van der Waals surface area contributed by atoms with E-state index in [1.807, 2.05) is 0 Å². The van der Waals surface area contributed by atoms with Crippen molar-refractivity contribution in [3.63, 3.8) is 0 Å². The van der Waals surface area contributed by atoms with E-state index in [4.69, 9.17) is 23.8 Å². The van der Waals surface area contributed by atoms with Crippen molar-refractivity contribution in [2.24, 2.45) is 5.92 Å². The van der Waals surface area contributed by atoms with Crippen molar-refractivity contribution in [3.8, 4) is 23.0 Å². The molecule has 2 amide bonds. The molecule has 0 N–H and O–H groups in total. The van der Waals surface area contributed by atoms with Gasteiger partial charge in [-0.2, -0.15) is 0 Å². The van der Waals surface area contributed by atoms with Crippen molar-refractivity contribution >= 4 is 28.9 Å². The Morgan fingerprint density at radius 3 is 2.33 bits per heavy atom. The molecule has 0 unspecified atom stereocenters. The number of non-ortho nitro benzene ring substituents is 1. The van der Waals surface area contributed by atoms with Gasteiger partial charge in [-0.3, -0.25) is 24.5 Å². The van der Waals surface area contributed by atoms with Crippen LogP contribution in [0.4, 0.5) is 17.1 Å². The molecule has 0 radical (unpaired) electrons. The minimum atomic E-state index is -1.22. The number of anilines is 2. The van der Waals surface area contributed by atoms with Crippen molar-refractivity contribution in [2.45, 2.75) is 19.1 Å². The number of hydrogen-bond acceptors (Lipinski definition) is 10. The molecule has 0 saturated carbocycles. The van der Waals surface area contributed by atoms with Gasteiger partial charge in [-0.15, -0.1) is 0 Å². The number of para-hydroxylation sites is 2. The molecule has 2 heterocycles. The third-order valence-corrected chi connectivity index (χ3v) is 6.87. The number of carbonyl (C=O) groups excluding carboxylic acids is 2. The second kappa shape index (κ2) is 10.7. The highest BCUT2D eigenvalue weighted by Gasteiger charge is 2.61. The SMILES string of the molecule is CCOc1ccccc1N1C(=O)[C@H]2[C@H](ON(c3cccc([N+](=O)[O-])c3)[C@H]2c2ccc(OC)c(OC)c2OC)C1=O. The minimum absolute atomic E-state index is 0.180. The zero-order valence-corrected chi connectivity index (χ0v) is 22.2. The lowest BCUT2D eigenvalue weighted by Crippen LogP contribution is -2.37. The summed E-state index contributed by atoms with van der Waals surface area (Å²) in [5.74, 6) is -0.825. The van der Waals surface area contributed by atoms with Crippen LogP contribution in [0.1, 0.15) is 18.5 Å². The fraction of sp³-hybridized carbons (Fsp3) is 0.286. The van der Waals surface area contributed by atoms with Gasteiger partial charge < -0.3 is 18.9 Å². The van der Waals surface area contributed by atoms with Crippen LogP contribution in [0, 0.1) is 16.0 Å². The van der Waals surface area contributed by atoms with E-state index in [-0.39, 0.29) is 22.9 Å². The molecule has 0 spiro atoms. The molecular formula is C28H27N3O9. The first-order valence-electron chi connectivity index (χ1n) is 12.4. The van der Waals surface area contributed by atoms with Crippen LogP contribution in [0.5, 0.6) is 23.0 Å². The molecular weight excluding hydrogens is 522 g/mol. The van der Waals surface area contributed by atoms with Crippen molar-refractivity contribution in [2.75, 3.05) is 37.9 Å². The fourth-order valence-electron chi connectivity index (χ4n) is 5.21. The van der Waals surface area contributed by atoms with E-state index in [9.17, 15) is 19.7 Å². The number of fused-ring (bicyclic) bond motifs is 1. The van der Waals surface area contributed by atoms with Gasteiger partial charge in [0.2, 0.25) is 11.7 Å². The number of hydrogen-bond donors (Lipinski definition) is 0. The maximum absolute atomic E-state index is 14.1. The van der Waals surface area contributed by atoms with Crippen LogP contribution in [-0.2, 0) is 14.4 Å². The topological polar surface area (TPSA) is 130 Å². The smallest absolute Gasteiger partial charge is 0.271 e. The zero-order valence-electron chi connectivity index (χ0n) is 22.2. The lowest BCUT2D eigenvalue weighted by Gasteiger charge is -2.30. The largest absolute Gasteiger partial charge is 0.493 e. The van der Waals surface area contributed by atoms with E-state index < -0.39 is 34.8 Å². The molecule has 12 nitrogen and oxygen atoms in total. The molecule has 12 heteroatoms. The number of carbonyl (C=O) groups is 2. The molecule has 2 fully saturated rings. The van der Waals surface area contributed by atoms with Gasteiger partial charge in [0.05, 0.1) is 44.2 Å². The van der Waals surface area contributed by atoms with Crippen LogP contribution < -0.4 is 28.9 Å². The standard InChI is InChI=1S/C28H27N3O9/c1-5-39-20-12-7-6-11-19(20)29-27(32)22-23(18-13-14-21(36-2)25(38-4)24(18)37-3)30(40-26(22)28(29)33)16-9-8-10-17(15-16)31(34)35/h6-15,22-23,26H,5H2,1-4H3/t22-,23+,26+/m1/s1. The Bertz CT molecular complexity index is 1480. The highest BCUT2D eigenvalue weighted by atomic mass is 16.7. The number of ether oxygens (including phenoxy) is 4. The molecule has 3 atom stereocenters. The van der Waals surface area contributed by atoms with Gasteiger partial charge in [0.25, 0.3) is 11.6 Å². The summed E-state index contributed by atoms with van der Waals surface area (Å²) in [6.07, 6.45) is -1.22. The Hall–Kier alpha value is -4.84. The minimum Gasteiger partial charge on any atom is -0.493 e. The van der Waals surface area contributed by atoms with Gasteiger partial charge in [-0.05, 0) is 37.3 Å². The third-order valence-electron chi connectivity index (χ3n) is 6.87. The molecule has 5 rings (SSSR count). The second-order valence-corrected chi connectivity index (χ2v) is 8.94. The Balaban J connectivity index is 1.68. The first kappa shape index (κ1) is 26.8. The molecule has 0 aliphatic carbocycles. The summed E-state index contributed by atoms with van der Waals surface area (Å²) >= 11 is 0. The summed E-state index contributed by atoms with van der Waals surface area (Å²) in [4.78, 5) is 46.1. The Labute approximate surface area is 229 Å². The van der Waals surface area contributed by atoms with E-state index in [1.54, 1.807) is 49.4 Å². The van der Waals surface area contributed by atoms with E-state index in [0.717, 1.165) is 4.90 Å². The van der Waals surface area contributed by atoms with Crippen LogP contribution in [0.15, 0.2) is 60.7 Å². The van der Waals surface area contributed by atoms with Gasteiger partial charge in [0.15, 0.2) is 17.6 Å². The fourth-order valence-corrected chi connectivity index (χ4v) is 5.21. The van der Waals surface area contributed by atoms with Gasteiger partial charge in [0.1, 0.15) is 17.7 Å². The predicted molar refractivity (Wildman–Crippen MR) is 143 cm³/mol. The Kier molecular flexibility index (Phi) is 7.18. The maximum Gasteiger partial charge on any atom is 0.271 e. The number of amides is 2. The number of nitrogens with zero attached hydrogens (tertiary/aromatic N) is 3. The average molecular weight is 550 g/mol. The molecule has 2 aliphatic rings. The molecule has 0 aromatic heterocycles. The van der Waals surface area contributed by atoms with Gasteiger partial charge in [0, 0.05) is 17.7 Å². The van der Waals surface area contributed by atoms with Crippen LogP contribution >= 0.6 is 0 Å². The second-order valence-electron chi connectivity index (χ2n) is 8.94. The number of methoxy groups -OCH3 is 3.